The Morgan fingerprint density at radius 2 is 2.07 bits per heavy atom. The summed E-state index contributed by atoms with van der Waals surface area (Å²) < 4.78 is 1.59. The van der Waals surface area contributed by atoms with E-state index in [0.717, 1.165) is 5.56 Å². The van der Waals surface area contributed by atoms with Gasteiger partial charge in [-0.15, -0.1) is 0 Å². The van der Waals surface area contributed by atoms with Crippen LogP contribution in [-0.4, -0.2) is 8.94 Å². The predicted octanol–water partition coefficient (Wildman–Crippen LogP) is 2.01. The van der Waals surface area contributed by atoms with Gasteiger partial charge in [-0.25, -0.2) is 8.75 Å². The number of halogens is 1. The molecule has 72 valence electrons. The lowest BCUT2D eigenvalue weighted by Gasteiger charge is -1.99. The van der Waals surface area contributed by atoms with Crippen LogP contribution in [0.2, 0.25) is 5.02 Å². The highest BCUT2D eigenvalue weighted by Gasteiger charge is 1.99. The van der Waals surface area contributed by atoms with Crippen molar-refractivity contribution in [1.29, 1.82) is 0 Å². The first kappa shape index (κ1) is 9.43. The van der Waals surface area contributed by atoms with E-state index in [1.807, 2.05) is 24.3 Å². The number of aromatic nitrogens is 2. The van der Waals surface area contributed by atoms with Gasteiger partial charge in [0.25, 0.3) is 0 Å². The molecule has 0 saturated heterocycles. The van der Waals surface area contributed by atoms with Crippen molar-refractivity contribution in [3.8, 4) is 0 Å². The lowest BCUT2D eigenvalue weighted by atomic mass is 10.2. The third-order valence-electron chi connectivity index (χ3n) is 1.79. The molecule has 0 aliphatic carbocycles. The second-order valence-electron chi connectivity index (χ2n) is 2.79. The Labute approximate surface area is 89.7 Å². The fourth-order valence-electron chi connectivity index (χ4n) is 1.10. The molecule has 0 aliphatic heterocycles. The van der Waals surface area contributed by atoms with Gasteiger partial charge in [0.05, 0.1) is 6.54 Å². The first-order valence-electron chi connectivity index (χ1n) is 4.01. The fraction of sp³-hybridized carbons (Fsp3) is 0.111. The maximum Gasteiger partial charge on any atom is 0.358 e. The number of benzene rings is 1. The summed E-state index contributed by atoms with van der Waals surface area (Å²) in [5.74, 6) is 0. The summed E-state index contributed by atoms with van der Waals surface area (Å²) in [6, 6.07) is 7.41. The number of rotatable bonds is 2. The second-order valence-corrected chi connectivity index (χ2v) is 4.08. The molecule has 0 spiro atoms. The molecule has 0 amide bonds. The highest BCUT2D eigenvalue weighted by atomic mass is 35.5. The molecule has 0 saturated carbocycles. The molecular formula is C9H7ClN2OS. The lowest BCUT2D eigenvalue weighted by molar-refractivity contribution is 0.823. The maximum absolute atomic E-state index is 11.1. The van der Waals surface area contributed by atoms with Crippen molar-refractivity contribution in [2.24, 2.45) is 0 Å². The topological polar surface area (TPSA) is 34.9 Å². The molecule has 0 atom stereocenters. The van der Waals surface area contributed by atoms with E-state index in [4.69, 9.17) is 11.6 Å². The smallest absolute Gasteiger partial charge is 0.245 e. The Hall–Kier alpha value is -1.13. The molecule has 2 aromatic rings. The van der Waals surface area contributed by atoms with Crippen molar-refractivity contribution in [2.45, 2.75) is 6.54 Å². The van der Waals surface area contributed by atoms with E-state index in [2.05, 4.69) is 4.98 Å². The number of hydrogen-bond acceptors (Lipinski definition) is 3. The van der Waals surface area contributed by atoms with Crippen molar-refractivity contribution in [3.63, 3.8) is 0 Å². The molecule has 3 nitrogen and oxygen atoms in total. The van der Waals surface area contributed by atoms with E-state index < -0.39 is 0 Å². The van der Waals surface area contributed by atoms with Crippen LogP contribution in [0.1, 0.15) is 5.56 Å². The summed E-state index contributed by atoms with van der Waals surface area (Å²) in [5.41, 5.74) is 2.38. The van der Waals surface area contributed by atoms with Crippen LogP contribution in [0.4, 0.5) is 0 Å². The Bertz CT molecular complexity index is 474. The van der Waals surface area contributed by atoms with Gasteiger partial charge in [-0.2, -0.15) is 4.98 Å². The zero-order valence-electron chi connectivity index (χ0n) is 7.18. The molecule has 0 aliphatic rings. The van der Waals surface area contributed by atoms with Gasteiger partial charge in [0.1, 0.15) is 5.51 Å². The standard InChI is InChI=1S/C9H7ClN2OS/c10-8-3-1-7(2-4-8)5-12-9(13)11-6-14-12/h1-4,6H,5H2. The largest absolute Gasteiger partial charge is 0.358 e. The highest BCUT2D eigenvalue weighted by molar-refractivity contribution is 7.03. The normalized spacial score (nSPS) is 10.4. The minimum absolute atomic E-state index is 0.204. The average molecular weight is 227 g/mol. The van der Waals surface area contributed by atoms with Gasteiger partial charge in [-0.1, -0.05) is 23.7 Å². The second kappa shape index (κ2) is 3.94. The molecule has 0 bridgehead atoms. The first-order valence-corrected chi connectivity index (χ1v) is 5.22. The van der Waals surface area contributed by atoms with Crippen LogP contribution < -0.4 is 5.69 Å². The molecule has 0 radical (unpaired) electrons. The monoisotopic (exact) mass is 226 g/mol. The van der Waals surface area contributed by atoms with Crippen LogP contribution in [-0.2, 0) is 6.54 Å². The van der Waals surface area contributed by atoms with Crippen LogP contribution in [0.3, 0.4) is 0 Å². The van der Waals surface area contributed by atoms with Crippen LogP contribution in [0.15, 0.2) is 34.6 Å². The summed E-state index contributed by atoms with van der Waals surface area (Å²) in [6.45, 7) is 0.556. The quantitative estimate of drug-likeness (QED) is 0.785. The van der Waals surface area contributed by atoms with Crippen LogP contribution >= 0.6 is 23.1 Å². The third-order valence-corrected chi connectivity index (χ3v) is 2.78. The molecule has 14 heavy (non-hydrogen) atoms. The minimum Gasteiger partial charge on any atom is -0.245 e. The van der Waals surface area contributed by atoms with Crippen LogP contribution in [0, 0.1) is 0 Å². The Kier molecular flexibility index (Phi) is 2.65. The first-order chi connectivity index (χ1) is 6.75. The zero-order chi connectivity index (χ0) is 9.97. The highest BCUT2D eigenvalue weighted by Crippen LogP contribution is 2.10. The van der Waals surface area contributed by atoms with Crippen molar-refractivity contribution < 1.29 is 0 Å². The Balaban J connectivity index is 2.23. The van der Waals surface area contributed by atoms with Gasteiger partial charge in [0, 0.05) is 5.02 Å². The molecule has 0 unspecified atom stereocenters. The maximum atomic E-state index is 11.1. The molecule has 1 aromatic heterocycles. The van der Waals surface area contributed by atoms with Gasteiger partial charge < -0.3 is 0 Å². The van der Waals surface area contributed by atoms with Crippen molar-refractivity contribution >= 4 is 23.1 Å². The van der Waals surface area contributed by atoms with E-state index in [9.17, 15) is 4.79 Å². The van der Waals surface area contributed by atoms with E-state index in [1.54, 1.807) is 3.96 Å². The van der Waals surface area contributed by atoms with E-state index in [-0.39, 0.29) is 5.69 Å². The number of hydrogen-bond donors (Lipinski definition) is 0. The van der Waals surface area contributed by atoms with Crippen molar-refractivity contribution in [1.82, 2.24) is 8.94 Å². The average Bonchev–Trinajstić information content (AvgIpc) is 2.56. The molecule has 1 heterocycles. The van der Waals surface area contributed by atoms with Crippen molar-refractivity contribution in [2.75, 3.05) is 0 Å². The van der Waals surface area contributed by atoms with Gasteiger partial charge in [-0.3, -0.25) is 0 Å². The van der Waals surface area contributed by atoms with Crippen LogP contribution in [0.25, 0.3) is 0 Å². The fourth-order valence-corrected chi connectivity index (χ4v) is 1.83. The SMILES string of the molecule is O=c1ncsn1Cc1ccc(Cl)cc1. The summed E-state index contributed by atoms with van der Waals surface area (Å²) >= 11 is 7.06. The van der Waals surface area contributed by atoms with Crippen LogP contribution in [0.5, 0.6) is 0 Å². The zero-order valence-corrected chi connectivity index (χ0v) is 8.76. The van der Waals surface area contributed by atoms with Crippen molar-refractivity contribution in [3.05, 3.63) is 50.8 Å². The van der Waals surface area contributed by atoms with E-state index in [0.29, 0.717) is 11.6 Å². The molecule has 0 fully saturated rings. The van der Waals surface area contributed by atoms with E-state index in [1.165, 1.54) is 17.0 Å². The lowest BCUT2D eigenvalue weighted by Crippen LogP contribution is -2.15. The summed E-state index contributed by atoms with van der Waals surface area (Å²) in [5, 5.41) is 0.699. The molecular weight excluding hydrogens is 220 g/mol. The summed E-state index contributed by atoms with van der Waals surface area (Å²) in [7, 11) is 0. The summed E-state index contributed by atoms with van der Waals surface area (Å²) in [6.07, 6.45) is 0. The van der Waals surface area contributed by atoms with Gasteiger partial charge in [-0.05, 0) is 29.2 Å². The Morgan fingerprint density at radius 1 is 1.36 bits per heavy atom. The number of nitrogens with zero attached hydrogens (tertiary/aromatic N) is 2. The third kappa shape index (κ3) is 2.02. The van der Waals surface area contributed by atoms with Gasteiger partial charge in [0.15, 0.2) is 0 Å². The Morgan fingerprint density at radius 3 is 2.64 bits per heavy atom. The molecule has 2 rings (SSSR count). The minimum atomic E-state index is -0.204. The van der Waals surface area contributed by atoms with E-state index >= 15 is 0 Å². The molecule has 5 heteroatoms. The van der Waals surface area contributed by atoms with Gasteiger partial charge in [0.2, 0.25) is 0 Å². The molecule has 0 N–H and O–H groups in total. The predicted molar refractivity (Wildman–Crippen MR) is 56.9 cm³/mol. The summed E-state index contributed by atoms with van der Waals surface area (Å²) in [4.78, 5) is 14.8. The van der Waals surface area contributed by atoms with Gasteiger partial charge >= 0.3 is 5.69 Å². The molecule has 1 aromatic carbocycles.